The largest absolute Gasteiger partial charge is 0.458 e. The summed E-state index contributed by atoms with van der Waals surface area (Å²) in [5.41, 5.74) is 10.9. The zero-order chi connectivity index (χ0) is 31.1. The third-order valence-electron chi connectivity index (χ3n) is 10.9. The van der Waals surface area contributed by atoms with Crippen LogP contribution in [0.4, 0.5) is 34.1 Å². The summed E-state index contributed by atoms with van der Waals surface area (Å²) in [4.78, 5) is 4.92. The van der Waals surface area contributed by atoms with Crippen molar-refractivity contribution in [2.24, 2.45) is 0 Å². The van der Waals surface area contributed by atoms with Crippen molar-refractivity contribution in [3.05, 3.63) is 152 Å². The molecule has 0 unspecified atom stereocenters. The molecule has 0 N–H and O–H groups in total. The predicted octanol–water partition coefficient (Wildman–Crippen LogP) is 9.93. The molecule has 3 aliphatic heterocycles. The molecular weight excluding hydrogens is 583 g/mol. The summed E-state index contributed by atoms with van der Waals surface area (Å²) < 4.78 is 6.79. The summed E-state index contributed by atoms with van der Waals surface area (Å²) in [6.45, 7) is 0.0699. The van der Waals surface area contributed by atoms with E-state index in [1.165, 1.54) is 82.2 Å². The quantitative estimate of drug-likeness (QED) is 0.144. The Morgan fingerprint density at radius 1 is 0.354 bits per heavy atom. The Morgan fingerprint density at radius 3 is 1.48 bits per heavy atom. The molecule has 3 heterocycles. The minimum absolute atomic E-state index is 0.0699. The van der Waals surface area contributed by atoms with Crippen molar-refractivity contribution in [1.82, 2.24) is 0 Å². The van der Waals surface area contributed by atoms with Gasteiger partial charge < -0.3 is 14.5 Å². The molecule has 0 aliphatic carbocycles. The Bertz CT molecular complexity index is 2800. The molecular formula is C44H25BN2O. The molecule has 0 atom stereocenters. The molecule has 4 heteroatoms. The van der Waals surface area contributed by atoms with Crippen LogP contribution in [-0.4, -0.2) is 6.71 Å². The van der Waals surface area contributed by atoms with E-state index < -0.39 is 0 Å². The molecule has 220 valence electrons. The van der Waals surface area contributed by atoms with Gasteiger partial charge in [0.1, 0.15) is 11.5 Å². The van der Waals surface area contributed by atoms with E-state index in [0.29, 0.717) is 0 Å². The monoisotopic (exact) mass is 608 g/mol. The summed E-state index contributed by atoms with van der Waals surface area (Å²) in [5.74, 6) is 1.87. The van der Waals surface area contributed by atoms with Gasteiger partial charge in [0.2, 0.25) is 0 Å². The van der Waals surface area contributed by atoms with Crippen molar-refractivity contribution in [2.45, 2.75) is 0 Å². The van der Waals surface area contributed by atoms with Crippen molar-refractivity contribution in [3.8, 4) is 11.5 Å². The normalized spacial score (nSPS) is 13.9. The first kappa shape index (κ1) is 24.9. The van der Waals surface area contributed by atoms with Crippen LogP contribution in [-0.2, 0) is 0 Å². The van der Waals surface area contributed by atoms with E-state index in [1.807, 2.05) is 0 Å². The molecule has 12 rings (SSSR count). The molecule has 0 saturated carbocycles. The average molecular weight is 609 g/mol. The number of fused-ring (bicyclic) bond motifs is 1. The highest BCUT2D eigenvalue weighted by Gasteiger charge is 2.48. The second-order valence-corrected chi connectivity index (χ2v) is 13.3. The molecule has 9 aromatic rings. The third kappa shape index (κ3) is 3.06. The zero-order valence-electron chi connectivity index (χ0n) is 25.8. The van der Waals surface area contributed by atoms with Gasteiger partial charge >= 0.3 is 0 Å². The summed E-state index contributed by atoms with van der Waals surface area (Å²) in [6, 6.07) is 55.8. The number of benzene rings is 9. The summed E-state index contributed by atoms with van der Waals surface area (Å²) in [6.07, 6.45) is 0. The van der Waals surface area contributed by atoms with Gasteiger partial charge in [0.05, 0.1) is 0 Å². The van der Waals surface area contributed by atoms with Crippen molar-refractivity contribution < 1.29 is 4.74 Å². The van der Waals surface area contributed by atoms with Gasteiger partial charge in [-0.15, -0.1) is 0 Å². The number of anilines is 6. The lowest BCUT2D eigenvalue weighted by Crippen LogP contribution is -2.63. The van der Waals surface area contributed by atoms with Gasteiger partial charge in [-0.3, -0.25) is 0 Å². The first-order valence-electron chi connectivity index (χ1n) is 16.6. The van der Waals surface area contributed by atoms with Crippen LogP contribution in [0.15, 0.2) is 152 Å². The Kier molecular flexibility index (Phi) is 4.54. The molecule has 0 bridgehead atoms. The van der Waals surface area contributed by atoms with E-state index in [1.54, 1.807) is 0 Å². The molecule has 3 aliphatic rings. The van der Waals surface area contributed by atoms with E-state index in [2.05, 4.69) is 161 Å². The van der Waals surface area contributed by atoms with E-state index in [4.69, 9.17) is 4.74 Å². The number of ether oxygens (including phenoxy) is 1. The zero-order valence-corrected chi connectivity index (χ0v) is 25.8. The molecule has 0 radical (unpaired) electrons. The molecule has 9 aromatic carbocycles. The maximum atomic E-state index is 6.79. The van der Waals surface area contributed by atoms with Crippen LogP contribution in [0.1, 0.15) is 0 Å². The van der Waals surface area contributed by atoms with Gasteiger partial charge in [-0.1, -0.05) is 91.0 Å². The Hall–Kier alpha value is -6.26. The van der Waals surface area contributed by atoms with Crippen LogP contribution in [0.3, 0.4) is 0 Å². The third-order valence-corrected chi connectivity index (χ3v) is 10.9. The van der Waals surface area contributed by atoms with Crippen LogP contribution < -0.4 is 30.9 Å². The van der Waals surface area contributed by atoms with Crippen LogP contribution in [0.25, 0.3) is 43.1 Å². The second-order valence-electron chi connectivity index (χ2n) is 13.3. The lowest BCUT2D eigenvalue weighted by atomic mass is 9.32. The molecule has 0 aromatic heterocycles. The van der Waals surface area contributed by atoms with Crippen LogP contribution in [0.2, 0.25) is 0 Å². The standard InChI is InChI=1S/C44H25BN2O/c1-2-8-29-23-32(22-21-26(29)7-1)46-34-11-4-12-35-42(34)45-43-36(46)13-5-15-38(43)48-39-16-6-14-37(44(39)45)47(35)33-24-30-19-17-27-9-3-10-28-18-20-31(25-33)41(30)40(27)28/h1-25H. The Balaban J connectivity index is 1.16. The van der Waals surface area contributed by atoms with Crippen molar-refractivity contribution >= 4 is 100 Å². The first-order valence-corrected chi connectivity index (χ1v) is 16.6. The van der Waals surface area contributed by atoms with Crippen LogP contribution in [0.5, 0.6) is 11.5 Å². The molecule has 3 nitrogen and oxygen atoms in total. The SMILES string of the molecule is c1cc2c3c(c1)N(c1ccc4ccccc4c1)c1cccc4c1B3c1c(cccc1N4c1cc3ccc4cccc5ccc(c1)c3c45)O2. The van der Waals surface area contributed by atoms with Gasteiger partial charge in [-0.05, 0) is 120 Å². The lowest BCUT2D eigenvalue weighted by molar-refractivity contribution is 0.487. The van der Waals surface area contributed by atoms with Gasteiger partial charge in [0.25, 0.3) is 6.71 Å². The molecule has 0 amide bonds. The van der Waals surface area contributed by atoms with Gasteiger partial charge in [-0.25, -0.2) is 0 Å². The fourth-order valence-electron chi connectivity index (χ4n) is 8.99. The molecule has 48 heavy (non-hydrogen) atoms. The van der Waals surface area contributed by atoms with E-state index in [0.717, 1.165) is 22.9 Å². The number of hydrogen-bond donors (Lipinski definition) is 0. The summed E-state index contributed by atoms with van der Waals surface area (Å²) >= 11 is 0. The molecule has 0 fully saturated rings. The van der Waals surface area contributed by atoms with Gasteiger partial charge in [0.15, 0.2) is 0 Å². The minimum Gasteiger partial charge on any atom is -0.458 e. The van der Waals surface area contributed by atoms with Crippen LogP contribution >= 0.6 is 0 Å². The smallest absolute Gasteiger partial charge is 0.261 e. The Labute approximate surface area is 277 Å². The Morgan fingerprint density at radius 2 is 0.812 bits per heavy atom. The summed E-state index contributed by atoms with van der Waals surface area (Å²) in [5, 5.41) is 10.2. The molecule has 0 saturated heterocycles. The van der Waals surface area contributed by atoms with Crippen molar-refractivity contribution in [1.29, 1.82) is 0 Å². The topological polar surface area (TPSA) is 15.7 Å². The number of hydrogen-bond acceptors (Lipinski definition) is 3. The second kappa shape index (κ2) is 8.75. The fraction of sp³-hybridized carbons (Fsp3) is 0. The number of rotatable bonds is 2. The number of nitrogens with zero attached hydrogens (tertiary/aromatic N) is 2. The van der Waals surface area contributed by atoms with E-state index in [9.17, 15) is 0 Å². The van der Waals surface area contributed by atoms with E-state index in [-0.39, 0.29) is 6.71 Å². The highest BCUT2D eigenvalue weighted by Crippen LogP contribution is 2.49. The predicted molar refractivity (Wildman–Crippen MR) is 202 cm³/mol. The van der Waals surface area contributed by atoms with Crippen molar-refractivity contribution in [3.63, 3.8) is 0 Å². The lowest BCUT2D eigenvalue weighted by Gasteiger charge is -2.46. The highest BCUT2D eigenvalue weighted by atomic mass is 16.5. The van der Waals surface area contributed by atoms with Crippen LogP contribution in [0, 0.1) is 0 Å². The van der Waals surface area contributed by atoms with E-state index >= 15 is 0 Å². The van der Waals surface area contributed by atoms with Crippen molar-refractivity contribution in [2.75, 3.05) is 9.80 Å². The molecule has 0 spiro atoms. The maximum absolute atomic E-state index is 6.79. The highest BCUT2D eigenvalue weighted by molar-refractivity contribution is 7.01. The fourth-order valence-corrected chi connectivity index (χ4v) is 8.99. The van der Waals surface area contributed by atoms with Gasteiger partial charge in [-0.2, -0.15) is 0 Å². The van der Waals surface area contributed by atoms with Gasteiger partial charge in [0, 0.05) is 34.1 Å². The minimum atomic E-state index is 0.0699. The first-order chi connectivity index (χ1) is 23.8. The summed E-state index contributed by atoms with van der Waals surface area (Å²) in [7, 11) is 0. The maximum Gasteiger partial charge on any atom is 0.261 e. The average Bonchev–Trinajstić information content (AvgIpc) is 3.14.